The molecule has 3 aromatic rings. The molecule has 23 heavy (non-hydrogen) atoms. The minimum Gasteiger partial charge on any atom is -0.497 e. The highest BCUT2D eigenvalue weighted by Crippen LogP contribution is 2.21. The van der Waals surface area contributed by atoms with Crippen molar-refractivity contribution >= 4 is 16.7 Å². The van der Waals surface area contributed by atoms with Crippen molar-refractivity contribution in [1.29, 1.82) is 0 Å². The first-order valence-corrected chi connectivity index (χ1v) is 7.06. The molecule has 6 heteroatoms. The van der Waals surface area contributed by atoms with E-state index in [-0.39, 0.29) is 17.2 Å². The molecule has 2 aromatic carbocycles. The monoisotopic (exact) mass is 309 g/mol. The van der Waals surface area contributed by atoms with Crippen LogP contribution in [0.2, 0.25) is 0 Å². The van der Waals surface area contributed by atoms with E-state index in [1.54, 1.807) is 7.11 Å². The molecule has 0 radical (unpaired) electrons. The molecular formula is C17H15N3O3. The van der Waals surface area contributed by atoms with Gasteiger partial charge in [0.1, 0.15) is 11.4 Å². The number of carbonyl (C=O) groups is 1. The standard InChI is InChI=1S/C17H15N3O3/c1-23-14-5-4-12-8-11(2-3-13(12)9-14)10-18-17(22)15-6-7-16(21)20-19-15/h2-9H,10H2,1H3,(H,18,22)(H,20,21). The third-order valence-electron chi connectivity index (χ3n) is 3.48. The molecule has 3 rings (SSSR count). The van der Waals surface area contributed by atoms with Crippen LogP contribution in [0.1, 0.15) is 16.1 Å². The van der Waals surface area contributed by atoms with Gasteiger partial charge in [0.2, 0.25) is 0 Å². The van der Waals surface area contributed by atoms with E-state index in [0.717, 1.165) is 22.1 Å². The van der Waals surface area contributed by atoms with Crippen LogP contribution in [0.5, 0.6) is 5.75 Å². The van der Waals surface area contributed by atoms with Crippen LogP contribution in [0, 0.1) is 0 Å². The zero-order chi connectivity index (χ0) is 16.2. The first-order valence-electron chi connectivity index (χ1n) is 7.06. The fourth-order valence-electron chi connectivity index (χ4n) is 2.25. The minimum atomic E-state index is -0.341. The molecule has 1 aromatic heterocycles. The Morgan fingerprint density at radius 3 is 2.65 bits per heavy atom. The van der Waals surface area contributed by atoms with Crippen molar-refractivity contribution in [2.45, 2.75) is 6.54 Å². The van der Waals surface area contributed by atoms with Gasteiger partial charge in [-0.05, 0) is 40.6 Å². The molecular weight excluding hydrogens is 294 g/mol. The maximum Gasteiger partial charge on any atom is 0.271 e. The summed E-state index contributed by atoms with van der Waals surface area (Å²) in [4.78, 5) is 22.9. The first-order chi connectivity index (χ1) is 11.2. The van der Waals surface area contributed by atoms with Gasteiger partial charge in [0, 0.05) is 12.6 Å². The van der Waals surface area contributed by atoms with Crippen LogP contribution in [-0.2, 0) is 6.54 Å². The van der Waals surface area contributed by atoms with E-state index < -0.39 is 0 Å². The molecule has 0 unspecified atom stereocenters. The van der Waals surface area contributed by atoms with Crippen LogP contribution >= 0.6 is 0 Å². The highest BCUT2D eigenvalue weighted by molar-refractivity contribution is 5.92. The van der Waals surface area contributed by atoms with Crippen molar-refractivity contribution in [3.63, 3.8) is 0 Å². The summed E-state index contributed by atoms with van der Waals surface area (Å²) in [6, 6.07) is 14.4. The fourth-order valence-corrected chi connectivity index (χ4v) is 2.25. The third kappa shape index (κ3) is 3.37. The van der Waals surface area contributed by atoms with Crippen molar-refractivity contribution in [3.05, 3.63) is 70.1 Å². The van der Waals surface area contributed by atoms with E-state index in [2.05, 4.69) is 15.5 Å². The number of fused-ring (bicyclic) bond motifs is 1. The predicted molar refractivity (Wildman–Crippen MR) is 86.5 cm³/mol. The Hall–Kier alpha value is -3.15. The molecule has 0 atom stereocenters. The van der Waals surface area contributed by atoms with Gasteiger partial charge < -0.3 is 10.1 Å². The number of nitrogens with zero attached hydrogens (tertiary/aromatic N) is 1. The van der Waals surface area contributed by atoms with Crippen LogP contribution in [0.25, 0.3) is 10.8 Å². The van der Waals surface area contributed by atoms with Crippen LogP contribution in [0.4, 0.5) is 0 Å². The van der Waals surface area contributed by atoms with E-state index in [0.29, 0.717) is 6.54 Å². The van der Waals surface area contributed by atoms with Crippen molar-refractivity contribution in [1.82, 2.24) is 15.5 Å². The third-order valence-corrected chi connectivity index (χ3v) is 3.48. The SMILES string of the molecule is COc1ccc2cc(CNC(=O)c3ccc(=O)[nH]n3)ccc2c1. The molecule has 2 N–H and O–H groups in total. The largest absolute Gasteiger partial charge is 0.497 e. The summed E-state index contributed by atoms with van der Waals surface area (Å²) >= 11 is 0. The van der Waals surface area contributed by atoms with Crippen LogP contribution in [0.3, 0.4) is 0 Å². The van der Waals surface area contributed by atoms with E-state index in [9.17, 15) is 9.59 Å². The molecule has 0 fully saturated rings. The van der Waals surface area contributed by atoms with E-state index in [1.807, 2.05) is 36.4 Å². The lowest BCUT2D eigenvalue weighted by Crippen LogP contribution is -2.25. The van der Waals surface area contributed by atoms with Gasteiger partial charge in [-0.15, -0.1) is 0 Å². The minimum absolute atomic E-state index is 0.176. The number of hydrogen-bond donors (Lipinski definition) is 2. The molecule has 0 saturated heterocycles. The van der Waals surface area contributed by atoms with E-state index in [4.69, 9.17) is 4.74 Å². The number of aromatic nitrogens is 2. The Kier molecular flexibility index (Phi) is 4.05. The van der Waals surface area contributed by atoms with Crippen molar-refractivity contribution in [3.8, 4) is 5.75 Å². The quantitative estimate of drug-likeness (QED) is 0.770. The molecule has 0 spiro atoms. The highest BCUT2D eigenvalue weighted by atomic mass is 16.5. The Morgan fingerprint density at radius 1 is 1.13 bits per heavy atom. The summed E-state index contributed by atoms with van der Waals surface area (Å²) in [5, 5.41) is 10.8. The van der Waals surface area contributed by atoms with Gasteiger partial charge in [-0.25, -0.2) is 5.10 Å². The number of H-pyrrole nitrogens is 1. The molecule has 6 nitrogen and oxygen atoms in total. The lowest BCUT2D eigenvalue weighted by molar-refractivity contribution is 0.0945. The van der Waals surface area contributed by atoms with Crippen molar-refractivity contribution < 1.29 is 9.53 Å². The molecule has 0 aliphatic carbocycles. The zero-order valence-electron chi connectivity index (χ0n) is 12.5. The molecule has 0 bridgehead atoms. The van der Waals surface area contributed by atoms with Gasteiger partial charge in [0.15, 0.2) is 0 Å². The Balaban J connectivity index is 1.72. The van der Waals surface area contributed by atoms with Crippen molar-refractivity contribution in [2.75, 3.05) is 7.11 Å². The van der Waals surface area contributed by atoms with Crippen LogP contribution in [-0.4, -0.2) is 23.2 Å². The number of rotatable bonds is 4. The number of carbonyl (C=O) groups excluding carboxylic acids is 1. The summed E-state index contributed by atoms with van der Waals surface area (Å²) in [7, 11) is 1.63. The maximum absolute atomic E-state index is 12.0. The van der Waals surface area contributed by atoms with E-state index >= 15 is 0 Å². The van der Waals surface area contributed by atoms with Gasteiger partial charge in [-0.3, -0.25) is 9.59 Å². The molecule has 0 aliphatic heterocycles. The van der Waals surface area contributed by atoms with Gasteiger partial charge in [-0.2, -0.15) is 5.10 Å². The Bertz CT molecular complexity index is 898. The number of ether oxygens (including phenoxy) is 1. The van der Waals surface area contributed by atoms with Gasteiger partial charge in [0.05, 0.1) is 7.11 Å². The number of aromatic amines is 1. The van der Waals surface area contributed by atoms with Gasteiger partial charge in [0.25, 0.3) is 11.5 Å². The number of methoxy groups -OCH3 is 1. The van der Waals surface area contributed by atoms with Crippen LogP contribution in [0.15, 0.2) is 53.3 Å². The van der Waals surface area contributed by atoms with Crippen LogP contribution < -0.4 is 15.6 Å². The summed E-state index contributed by atoms with van der Waals surface area (Å²) in [6.07, 6.45) is 0. The summed E-state index contributed by atoms with van der Waals surface area (Å²) in [6.45, 7) is 0.377. The lowest BCUT2D eigenvalue weighted by atomic mass is 10.1. The second-order valence-corrected chi connectivity index (χ2v) is 5.04. The zero-order valence-corrected chi connectivity index (χ0v) is 12.5. The number of hydrogen-bond acceptors (Lipinski definition) is 4. The predicted octanol–water partition coefficient (Wildman–Crippen LogP) is 1.86. The second kappa shape index (κ2) is 6.31. The summed E-state index contributed by atoms with van der Waals surface area (Å²) in [5.74, 6) is 0.471. The number of benzene rings is 2. The van der Waals surface area contributed by atoms with Gasteiger partial charge >= 0.3 is 0 Å². The smallest absolute Gasteiger partial charge is 0.271 e. The number of amides is 1. The summed E-state index contributed by atoms with van der Waals surface area (Å²) < 4.78 is 5.20. The molecule has 1 amide bonds. The summed E-state index contributed by atoms with van der Waals surface area (Å²) in [5.41, 5.74) is 0.807. The topological polar surface area (TPSA) is 84.1 Å². The Labute approximate surface area is 132 Å². The highest BCUT2D eigenvalue weighted by Gasteiger charge is 2.07. The molecule has 0 aliphatic rings. The first kappa shape index (κ1) is 14.8. The van der Waals surface area contributed by atoms with Gasteiger partial charge in [-0.1, -0.05) is 18.2 Å². The molecule has 116 valence electrons. The van der Waals surface area contributed by atoms with E-state index in [1.165, 1.54) is 12.1 Å². The van der Waals surface area contributed by atoms with Crippen molar-refractivity contribution in [2.24, 2.45) is 0 Å². The lowest BCUT2D eigenvalue weighted by Gasteiger charge is -2.07. The fraction of sp³-hybridized carbons (Fsp3) is 0.118. The number of nitrogens with one attached hydrogen (secondary N) is 2. The normalized spacial score (nSPS) is 10.5. The second-order valence-electron chi connectivity index (χ2n) is 5.04. The molecule has 0 saturated carbocycles. The average molecular weight is 309 g/mol. The Morgan fingerprint density at radius 2 is 1.91 bits per heavy atom. The average Bonchev–Trinajstić information content (AvgIpc) is 2.59. The molecule has 1 heterocycles. The maximum atomic E-state index is 12.0.